The van der Waals surface area contributed by atoms with E-state index in [-0.39, 0.29) is 10.8 Å². The van der Waals surface area contributed by atoms with Crippen LogP contribution in [0.4, 0.5) is 0 Å². The molecular weight excluding hydrogens is 220 g/mol. The second kappa shape index (κ2) is 2.84. The molecule has 94 valence electrons. The third kappa shape index (κ3) is 0.897. The molecule has 5 aliphatic carbocycles. The number of ketones is 1. The van der Waals surface area contributed by atoms with Crippen molar-refractivity contribution in [1.29, 1.82) is 0 Å². The molecule has 0 aromatic rings. The molecule has 2 spiro atoms. The van der Waals surface area contributed by atoms with E-state index in [1.165, 1.54) is 38.5 Å². The van der Waals surface area contributed by atoms with Crippen molar-refractivity contribution in [2.24, 2.45) is 34.5 Å². The molecule has 1 heteroatoms. The van der Waals surface area contributed by atoms with E-state index in [4.69, 9.17) is 0 Å². The van der Waals surface area contributed by atoms with Crippen molar-refractivity contribution in [2.75, 3.05) is 0 Å². The van der Waals surface area contributed by atoms with Crippen LogP contribution >= 0.6 is 0 Å². The largest absolute Gasteiger partial charge is 0.298 e. The summed E-state index contributed by atoms with van der Waals surface area (Å²) in [6, 6.07) is 0. The van der Waals surface area contributed by atoms with E-state index in [0.29, 0.717) is 17.6 Å². The van der Waals surface area contributed by atoms with Gasteiger partial charge in [-0.3, -0.25) is 4.79 Å². The molecule has 0 heterocycles. The highest BCUT2D eigenvalue weighted by Crippen LogP contribution is 2.68. The molecule has 5 rings (SSSR count). The maximum absolute atomic E-state index is 13.3. The number of allylic oxidation sites excluding steroid dienone is 4. The Labute approximate surface area is 108 Å². The number of carbonyl (C=O) groups is 1. The van der Waals surface area contributed by atoms with E-state index in [9.17, 15) is 4.79 Å². The fraction of sp³-hybridized carbons (Fsp3) is 0.706. The first-order chi connectivity index (χ1) is 8.73. The molecule has 0 aromatic heterocycles. The van der Waals surface area contributed by atoms with Gasteiger partial charge in [0.1, 0.15) is 5.78 Å². The number of Topliss-reactive ketones (excluding diaryl/α,β-unsaturated/α-hetero) is 1. The van der Waals surface area contributed by atoms with Gasteiger partial charge in [0.15, 0.2) is 0 Å². The lowest BCUT2D eigenvalue weighted by molar-refractivity contribution is -0.136. The molecule has 0 radical (unpaired) electrons. The van der Waals surface area contributed by atoms with Gasteiger partial charge in [0.2, 0.25) is 0 Å². The first-order valence-corrected chi connectivity index (χ1v) is 7.65. The Morgan fingerprint density at radius 3 is 1.67 bits per heavy atom. The predicted molar refractivity (Wildman–Crippen MR) is 69.8 cm³/mol. The molecule has 1 nitrogen and oxygen atoms in total. The van der Waals surface area contributed by atoms with E-state index >= 15 is 0 Å². The van der Waals surface area contributed by atoms with Crippen molar-refractivity contribution in [3.05, 3.63) is 24.3 Å². The molecule has 0 aromatic carbocycles. The normalized spacial score (nSPS) is 59.0. The molecule has 0 amide bonds. The minimum absolute atomic E-state index is 0.0811. The van der Waals surface area contributed by atoms with Crippen molar-refractivity contribution >= 4 is 5.78 Å². The van der Waals surface area contributed by atoms with E-state index in [2.05, 4.69) is 24.3 Å². The fourth-order valence-electron chi connectivity index (χ4n) is 6.18. The summed E-state index contributed by atoms with van der Waals surface area (Å²) < 4.78 is 0. The fourth-order valence-corrected chi connectivity index (χ4v) is 6.18. The summed E-state index contributed by atoms with van der Waals surface area (Å²) >= 11 is 0. The summed E-state index contributed by atoms with van der Waals surface area (Å²) in [5.74, 6) is 3.32. The van der Waals surface area contributed by atoms with Crippen molar-refractivity contribution in [2.45, 2.75) is 38.5 Å². The lowest BCUT2D eigenvalue weighted by atomic mass is 9.66. The zero-order valence-electron chi connectivity index (χ0n) is 10.8. The zero-order valence-corrected chi connectivity index (χ0v) is 10.8. The zero-order chi connectivity index (χ0) is 12.0. The van der Waals surface area contributed by atoms with Crippen LogP contribution in [0, 0.1) is 34.5 Å². The number of carbonyl (C=O) groups excluding carboxylic acids is 1. The summed E-state index contributed by atoms with van der Waals surface area (Å²) in [6.45, 7) is 0. The molecule has 5 aliphatic rings. The predicted octanol–water partition coefficient (Wildman–Crippen LogP) is 3.51. The second-order valence-corrected chi connectivity index (χ2v) is 7.52. The Kier molecular flexibility index (Phi) is 1.58. The van der Waals surface area contributed by atoms with Gasteiger partial charge in [0.05, 0.1) is 0 Å². The van der Waals surface area contributed by atoms with Crippen LogP contribution in [-0.4, -0.2) is 5.78 Å². The quantitative estimate of drug-likeness (QED) is 0.592. The van der Waals surface area contributed by atoms with Crippen LogP contribution in [0.2, 0.25) is 0 Å². The Morgan fingerprint density at radius 2 is 1.33 bits per heavy atom. The van der Waals surface area contributed by atoms with Gasteiger partial charge in [0.25, 0.3) is 0 Å². The van der Waals surface area contributed by atoms with Crippen molar-refractivity contribution in [1.82, 2.24) is 0 Å². The van der Waals surface area contributed by atoms with Crippen LogP contribution in [-0.2, 0) is 4.79 Å². The van der Waals surface area contributed by atoms with Crippen LogP contribution < -0.4 is 0 Å². The number of hydrogen-bond donors (Lipinski definition) is 0. The molecule has 0 aliphatic heterocycles. The van der Waals surface area contributed by atoms with Gasteiger partial charge < -0.3 is 0 Å². The molecule has 0 saturated heterocycles. The molecule has 3 saturated carbocycles. The van der Waals surface area contributed by atoms with Gasteiger partial charge in [-0.15, -0.1) is 0 Å². The maximum atomic E-state index is 13.3. The summed E-state index contributed by atoms with van der Waals surface area (Å²) in [5.41, 5.74) is 0.162. The van der Waals surface area contributed by atoms with E-state index in [0.717, 1.165) is 11.8 Å². The number of fused-ring (bicyclic) bond motifs is 6. The standard InChI is InChI=1S/C17H20O/c18-15-16(9-11-1-3-13(16)7-11)5-6-17(15)10-12-2-4-14(17)8-12/h1-4,11-14H,5-10H2/t11-,12?,13-,14?,16+,17+/m0/s1. The van der Waals surface area contributed by atoms with Crippen LogP contribution in [0.25, 0.3) is 0 Å². The van der Waals surface area contributed by atoms with Gasteiger partial charge in [-0.2, -0.15) is 0 Å². The minimum Gasteiger partial charge on any atom is -0.298 e. The second-order valence-electron chi connectivity index (χ2n) is 7.52. The smallest absolute Gasteiger partial charge is 0.146 e. The van der Waals surface area contributed by atoms with Gasteiger partial charge in [-0.25, -0.2) is 0 Å². The first kappa shape index (κ1) is 10.00. The van der Waals surface area contributed by atoms with Crippen molar-refractivity contribution in [3.63, 3.8) is 0 Å². The Balaban J connectivity index is 1.58. The third-order valence-corrected chi connectivity index (χ3v) is 6.94. The molecule has 6 atom stereocenters. The van der Waals surface area contributed by atoms with Crippen molar-refractivity contribution < 1.29 is 4.79 Å². The lowest BCUT2D eigenvalue weighted by Gasteiger charge is -2.35. The van der Waals surface area contributed by atoms with Crippen LogP contribution in [0.3, 0.4) is 0 Å². The Morgan fingerprint density at radius 1 is 0.833 bits per heavy atom. The van der Waals surface area contributed by atoms with Crippen LogP contribution in [0.5, 0.6) is 0 Å². The van der Waals surface area contributed by atoms with Crippen molar-refractivity contribution in [3.8, 4) is 0 Å². The Hall–Kier alpha value is -0.850. The average molecular weight is 240 g/mol. The number of hydrogen-bond acceptors (Lipinski definition) is 1. The Bertz CT molecular complexity index is 458. The van der Waals surface area contributed by atoms with Gasteiger partial charge in [-0.05, 0) is 62.2 Å². The molecule has 3 fully saturated rings. The third-order valence-electron chi connectivity index (χ3n) is 6.94. The summed E-state index contributed by atoms with van der Waals surface area (Å²) in [5, 5.41) is 0. The summed E-state index contributed by atoms with van der Waals surface area (Å²) in [6.07, 6.45) is 16.7. The highest BCUT2D eigenvalue weighted by Gasteiger charge is 2.66. The summed E-state index contributed by atoms with van der Waals surface area (Å²) in [7, 11) is 0. The van der Waals surface area contributed by atoms with Gasteiger partial charge in [0, 0.05) is 10.8 Å². The molecular formula is C17H20O. The topological polar surface area (TPSA) is 17.1 Å². The lowest BCUT2D eigenvalue weighted by Crippen LogP contribution is -2.40. The maximum Gasteiger partial charge on any atom is 0.146 e. The summed E-state index contributed by atoms with van der Waals surface area (Å²) in [4.78, 5) is 13.3. The highest BCUT2D eigenvalue weighted by molar-refractivity contribution is 5.94. The minimum atomic E-state index is 0.0811. The molecule has 4 bridgehead atoms. The monoisotopic (exact) mass is 240 g/mol. The molecule has 2 unspecified atom stereocenters. The number of rotatable bonds is 0. The average Bonchev–Trinajstić information content (AvgIpc) is 3.14. The molecule has 0 N–H and O–H groups in total. The highest BCUT2D eigenvalue weighted by atomic mass is 16.1. The van der Waals surface area contributed by atoms with Crippen LogP contribution in [0.1, 0.15) is 38.5 Å². The van der Waals surface area contributed by atoms with Gasteiger partial charge >= 0.3 is 0 Å². The van der Waals surface area contributed by atoms with Gasteiger partial charge in [-0.1, -0.05) is 24.3 Å². The SMILES string of the molecule is O=C1[C@]2(CC[C@]13C[C@H]1C=C[C@H]3C1)CC1C=CC2C1. The van der Waals surface area contributed by atoms with E-state index < -0.39 is 0 Å². The van der Waals surface area contributed by atoms with E-state index in [1.54, 1.807) is 0 Å². The van der Waals surface area contributed by atoms with Crippen LogP contribution in [0.15, 0.2) is 24.3 Å². The molecule has 18 heavy (non-hydrogen) atoms. The first-order valence-electron chi connectivity index (χ1n) is 7.65. The van der Waals surface area contributed by atoms with E-state index in [1.807, 2.05) is 0 Å².